The van der Waals surface area contributed by atoms with Gasteiger partial charge in [-0.25, -0.2) is 19.3 Å². The summed E-state index contributed by atoms with van der Waals surface area (Å²) in [6.07, 6.45) is 7.26. The highest BCUT2D eigenvalue weighted by Gasteiger charge is 2.31. The molecule has 0 radical (unpaired) electrons. The minimum absolute atomic E-state index is 0.254. The maximum atomic E-state index is 13.7. The first-order valence-corrected chi connectivity index (χ1v) is 13.4. The molecule has 4 aromatic rings. The average Bonchev–Trinajstić information content (AvgIpc) is 3.45. The molecule has 0 saturated heterocycles. The van der Waals surface area contributed by atoms with E-state index in [1.54, 1.807) is 31.0 Å². The molecule has 6 rings (SSSR count). The van der Waals surface area contributed by atoms with Gasteiger partial charge in [0.25, 0.3) is 0 Å². The average molecular weight is 502 g/mol. The molecule has 2 aromatic heterocycles. The fourth-order valence-electron chi connectivity index (χ4n) is 4.90. The zero-order valence-corrected chi connectivity index (χ0v) is 21.0. The lowest BCUT2D eigenvalue weighted by Crippen LogP contribution is -2.28. The second-order valence-electron chi connectivity index (χ2n) is 9.29. The number of methoxy groups -OCH3 is 1. The summed E-state index contributed by atoms with van der Waals surface area (Å²) in [5, 5.41) is 3.47. The lowest BCUT2D eigenvalue weighted by atomic mass is 9.93. The van der Waals surface area contributed by atoms with E-state index in [9.17, 15) is 4.39 Å². The number of ether oxygens (including phenoxy) is 1. The van der Waals surface area contributed by atoms with Gasteiger partial charge in [0.05, 0.1) is 24.2 Å². The number of halogens is 1. The van der Waals surface area contributed by atoms with Crippen molar-refractivity contribution in [2.24, 2.45) is 0 Å². The van der Waals surface area contributed by atoms with Gasteiger partial charge >= 0.3 is 0 Å². The Morgan fingerprint density at radius 2 is 1.89 bits per heavy atom. The molecule has 0 amide bonds. The number of imidazole rings is 1. The summed E-state index contributed by atoms with van der Waals surface area (Å²) < 4.78 is 21.6. The first-order chi connectivity index (χ1) is 17.7. The van der Waals surface area contributed by atoms with Gasteiger partial charge in [0, 0.05) is 40.9 Å². The summed E-state index contributed by atoms with van der Waals surface area (Å²) in [6, 6.07) is 17.3. The van der Waals surface area contributed by atoms with Gasteiger partial charge < -0.3 is 14.6 Å². The number of aromatic nitrogens is 4. The fraction of sp³-hybridized carbons (Fsp3) is 0.321. The van der Waals surface area contributed by atoms with Crippen molar-refractivity contribution < 1.29 is 9.13 Å². The van der Waals surface area contributed by atoms with Crippen LogP contribution in [0.4, 0.5) is 10.3 Å². The van der Waals surface area contributed by atoms with Crippen molar-refractivity contribution in [1.82, 2.24) is 19.5 Å². The first-order valence-electron chi connectivity index (χ1n) is 12.4. The molecule has 1 saturated carbocycles. The topological polar surface area (TPSA) is 64.9 Å². The Kier molecular flexibility index (Phi) is 6.35. The van der Waals surface area contributed by atoms with Crippen molar-refractivity contribution >= 4 is 17.7 Å². The van der Waals surface area contributed by atoms with Gasteiger partial charge in [-0.2, -0.15) is 0 Å². The number of nitrogens with one attached hydrogen (secondary N) is 1. The van der Waals surface area contributed by atoms with Crippen molar-refractivity contribution in [3.05, 3.63) is 72.4 Å². The van der Waals surface area contributed by atoms with Crippen molar-refractivity contribution in [1.29, 1.82) is 0 Å². The Morgan fingerprint density at radius 1 is 1.06 bits per heavy atom. The van der Waals surface area contributed by atoms with Crippen LogP contribution in [-0.4, -0.2) is 38.4 Å². The van der Waals surface area contributed by atoms with Crippen LogP contribution in [0.2, 0.25) is 0 Å². The second kappa shape index (κ2) is 9.93. The van der Waals surface area contributed by atoms with Crippen LogP contribution in [0.3, 0.4) is 0 Å². The number of benzene rings is 2. The van der Waals surface area contributed by atoms with Crippen LogP contribution in [0.1, 0.15) is 37.5 Å². The van der Waals surface area contributed by atoms with Gasteiger partial charge in [0.2, 0.25) is 5.95 Å². The summed E-state index contributed by atoms with van der Waals surface area (Å²) in [7, 11) is 1.71. The molecule has 8 heteroatoms. The standard InChI is InChI=1S/C28H28FN5OS/c1-35-23-7-2-3-8-24(23)36-17-21-13-14-25-33-26(18-9-11-19(29)12-10-18)27(34(21)25)22-15-16-30-28(32-22)31-20-5-4-6-20/h2-3,7-12,15-16,20-21H,4-6,13-14,17H2,1H3,(H,30,31,32). The lowest BCUT2D eigenvalue weighted by Gasteiger charge is -2.26. The highest BCUT2D eigenvalue weighted by Crippen LogP contribution is 2.42. The van der Waals surface area contributed by atoms with E-state index in [1.807, 2.05) is 30.5 Å². The van der Waals surface area contributed by atoms with Gasteiger partial charge in [-0.05, 0) is 68.1 Å². The van der Waals surface area contributed by atoms with E-state index in [0.29, 0.717) is 12.0 Å². The molecule has 2 aromatic carbocycles. The molecule has 3 heterocycles. The highest BCUT2D eigenvalue weighted by molar-refractivity contribution is 7.99. The summed E-state index contributed by atoms with van der Waals surface area (Å²) in [5.41, 5.74) is 3.53. The number of thioether (sulfide) groups is 1. The third-order valence-electron chi connectivity index (χ3n) is 7.01. The number of hydrogen-bond acceptors (Lipinski definition) is 6. The molecule has 1 fully saturated rings. The maximum Gasteiger partial charge on any atom is 0.223 e. The molecule has 1 N–H and O–H groups in total. The van der Waals surface area contributed by atoms with Gasteiger partial charge in [-0.15, -0.1) is 11.8 Å². The molecule has 36 heavy (non-hydrogen) atoms. The summed E-state index contributed by atoms with van der Waals surface area (Å²) in [6.45, 7) is 0. The first kappa shape index (κ1) is 23.0. The molecule has 2 aliphatic rings. The Morgan fingerprint density at radius 3 is 2.67 bits per heavy atom. The normalized spacial score (nSPS) is 17.0. The predicted molar refractivity (Wildman–Crippen MR) is 141 cm³/mol. The number of fused-ring (bicyclic) bond motifs is 1. The van der Waals surface area contributed by atoms with Gasteiger partial charge in [-0.1, -0.05) is 12.1 Å². The van der Waals surface area contributed by atoms with Crippen LogP contribution in [0.25, 0.3) is 22.6 Å². The number of aryl methyl sites for hydroxylation is 1. The molecule has 1 atom stereocenters. The Bertz CT molecular complexity index is 1370. The van der Waals surface area contributed by atoms with Crippen molar-refractivity contribution in [2.75, 3.05) is 18.2 Å². The minimum Gasteiger partial charge on any atom is -0.496 e. The monoisotopic (exact) mass is 501 g/mol. The van der Waals surface area contributed by atoms with Gasteiger partial charge in [0.15, 0.2) is 0 Å². The Labute approximate surface area is 214 Å². The molecule has 1 unspecified atom stereocenters. The van der Waals surface area contributed by atoms with Gasteiger partial charge in [-0.3, -0.25) is 0 Å². The predicted octanol–water partition coefficient (Wildman–Crippen LogP) is 6.40. The van der Waals surface area contributed by atoms with Crippen LogP contribution in [-0.2, 0) is 6.42 Å². The Hall–Kier alpha value is -3.39. The van der Waals surface area contributed by atoms with E-state index in [2.05, 4.69) is 20.9 Å². The molecule has 1 aliphatic carbocycles. The van der Waals surface area contributed by atoms with Gasteiger partial charge in [0.1, 0.15) is 17.4 Å². The van der Waals surface area contributed by atoms with E-state index in [-0.39, 0.29) is 11.9 Å². The molecular weight excluding hydrogens is 473 g/mol. The number of hydrogen-bond donors (Lipinski definition) is 1. The summed E-state index contributed by atoms with van der Waals surface area (Å²) in [5.74, 6) is 3.21. The van der Waals surface area contributed by atoms with E-state index >= 15 is 0 Å². The molecule has 0 bridgehead atoms. The van der Waals surface area contributed by atoms with E-state index in [0.717, 1.165) is 70.6 Å². The SMILES string of the molecule is COc1ccccc1SCC1CCc2nc(-c3ccc(F)cc3)c(-c3ccnc(NC4CCC4)n3)n21. The van der Waals surface area contributed by atoms with E-state index in [1.165, 1.54) is 18.6 Å². The molecule has 0 spiro atoms. The summed E-state index contributed by atoms with van der Waals surface area (Å²) in [4.78, 5) is 15.6. The van der Waals surface area contributed by atoms with Crippen LogP contribution in [0, 0.1) is 5.82 Å². The zero-order chi connectivity index (χ0) is 24.5. The van der Waals surface area contributed by atoms with Crippen molar-refractivity contribution in [3.8, 4) is 28.4 Å². The third kappa shape index (κ3) is 4.46. The van der Waals surface area contributed by atoms with E-state index < -0.39 is 0 Å². The number of nitrogens with zero attached hydrogens (tertiary/aromatic N) is 4. The fourth-order valence-corrected chi connectivity index (χ4v) is 6.06. The third-order valence-corrected chi connectivity index (χ3v) is 8.20. The minimum atomic E-state index is -0.257. The van der Waals surface area contributed by atoms with Crippen molar-refractivity contribution in [3.63, 3.8) is 0 Å². The maximum absolute atomic E-state index is 13.7. The Balaban J connectivity index is 1.38. The molecule has 6 nitrogen and oxygen atoms in total. The second-order valence-corrected chi connectivity index (χ2v) is 10.4. The number of rotatable bonds is 8. The van der Waals surface area contributed by atoms with Crippen LogP contribution >= 0.6 is 11.8 Å². The largest absolute Gasteiger partial charge is 0.496 e. The quantitative estimate of drug-likeness (QED) is 0.282. The zero-order valence-electron chi connectivity index (χ0n) is 20.2. The van der Waals surface area contributed by atoms with E-state index in [4.69, 9.17) is 14.7 Å². The highest BCUT2D eigenvalue weighted by atomic mass is 32.2. The van der Waals surface area contributed by atoms with Crippen LogP contribution in [0.15, 0.2) is 65.7 Å². The number of anilines is 1. The smallest absolute Gasteiger partial charge is 0.223 e. The van der Waals surface area contributed by atoms with Crippen LogP contribution in [0.5, 0.6) is 5.75 Å². The molecular formula is C28H28FN5OS. The van der Waals surface area contributed by atoms with Crippen molar-refractivity contribution in [2.45, 2.75) is 49.1 Å². The lowest BCUT2D eigenvalue weighted by molar-refractivity contribution is 0.404. The number of para-hydroxylation sites is 1. The van der Waals surface area contributed by atoms with Crippen LogP contribution < -0.4 is 10.1 Å². The molecule has 1 aliphatic heterocycles. The summed E-state index contributed by atoms with van der Waals surface area (Å²) >= 11 is 1.80. The molecule has 184 valence electrons.